The minimum absolute atomic E-state index is 0.0437. The number of carbonyl (C=O) groups excluding carboxylic acids is 3. The first kappa shape index (κ1) is 18.4. The maximum atomic E-state index is 13.1. The molecule has 2 aromatic carbocycles. The fourth-order valence-corrected chi connectivity index (χ4v) is 4.16. The smallest absolute Gasteiger partial charge is 0.262 e. The first-order valence-corrected chi connectivity index (χ1v) is 9.46. The fraction of sp³-hybridized carbons (Fsp3) is 0.318. The van der Waals surface area contributed by atoms with Crippen molar-refractivity contribution in [3.8, 4) is 0 Å². The summed E-state index contributed by atoms with van der Waals surface area (Å²) in [6, 6.07) is 14.0. The van der Waals surface area contributed by atoms with Gasteiger partial charge in [0.05, 0.1) is 11.1 Å². The molecule has 2 aromatic rings. The van der Waals surface area contributed by atoms with Gasteiger partial charge in [0.25, 0.3) is 11.8 Å². The molecule has 1 fully saturated rings. The van der Waals surface area contributed by atoms with Crippen LogP contribution in [-0.2, 0) is 4.79 Å². The van der Waals surface area contributed by atoms with Crippen molar-refractivity contribution in [3.05, 3.63) is 70.8 Å². The van der Waals surface area contributed by atoms with Gasteiger partial charge in [0.15, 0.2) is 0 Å². The van der Waals surface area contributed by atoms with Gasteiger partial charge in [-0.15, -0.1) is 0 Å². The normalized spacial score (nSPS) is 22.5. The van der Waals surface area contributed by atoms with Crippen molar-refractivity contribution in [2.75, 3.05) is 13.1 Å². The summed E-state index contributed by atoms with van der Waals surface area (Å²) >= 11 is 0. The number of imide groups is 1. The number of hydrogen-bond acceptors (Lipinski definition) is 4. The highest BCUT2D eigenvalue weighted by Crippen LogP contribution is 2.29. The third-order valence-corrected chi connectivity index (χ3v) is 5.72. The van der Waals surface area contributed by atoms with Gasteiger partial charge in [0.1, 0.15) is 6.04 Å². The minimum atomic E-state index is -0.866. The highest BCUT2D eigenvalue weighted by atomic mass is 16.2. The molecule has 1 unspecified atom stereocenters. The molecule has 2 N–H and O–H groups in total. The molecular weight excluding hydrogens is 354 g/mol. The van der Waals surface area contributed by atoms with E-state index in [2.05, 4.69) is 0 Å². The third-order valence-electron chi connectivity index (χ3n) is 5.72. The van der Waals surface area contributed by atoms with E-state index in [1.165, 1.54) is 0 Å². The molecule has 0 aliphatic carbocycles. The van der Waals surface area contributed by atoms with E-state index in [0.29, 0.717) is 24.2 Å². The zero-order valence-electron chi connectivity index (χ0n) is 16.0. The second-order valence-electron chi connectivity index (χ2n) is 7.63. The number of benzene rings is 2. The summed E-state index contributed by atoms with van der Waals surface area (Å²) in [4.78, 5) is 41.4. The van der Waals surface area contributed by atoms with E-state index in [4.69, 9.17) is 5.73 Å². The van der Waals surface area contributed by atoms with Gasteiger partial charge < -0.3 is 10.6 Å². The van der Waals surface area contributed by atoms with E-state index in [0.717, 1.165) is 16.0 Å². The van der Waals surface area contributed by atoms with Crippen LogP contribution in [0.2, 0.25) is 0 Å². The number of nitrogens with two attached hydrogens (primary N) is 1. The zero-order chi connectivity index (χ0) is 20.0. The molecule has 1 saturated heterocycles. The third kappa shape index (κ3) is 2.90. The van der Waals surface area contributed by atoms with Gasteiger partial charge in [0.2, 0.25) is 5.91 Å². The number of nitrogens with zero attached hydrogens (tertiary/aromatic N) is 2. The van der Waals surface area contributed by atoms with Crippen molar-refractivity contribution in [1.82, 2.24) is 9.80 Å². The van der Waals surface area contributed by atoms with E-state index < -0.39 is 17.9 Å². The molecule has 2 aliphatic rings. The van der Waals surface area contributed by atoms with Crippen LogP contribution in [-0.4, -0.2) is 52.7 Å². The number of likely N-dealkylation sites (tertiary alicyclic amines) is 1. The average Bonchev–Trinajstić information content (AvgIpc) is 3.19. The molecule has 2 aliphatic heterocycles. The summed E-state index contributed by atoms with van der Waals surface area (Å²) in [5, 5.41) is 0. The number of rotatable bonds is 3. The topological polar surface area (TPSA) is 83.7 Å². The molecule has 4 rings (SSSR count). The highest BCUT2D eigenvalue weighted by Gasteiger charge is 2.44. The van der Waals surface area contributed by atoms with Crippen LogP contribution in [0.5, 0.6) is 0 Å². The molecule has 6 heteroatoms. The van der Waals surface area contributed by atoms with Crippen LogP contribution in [0.15, 0.2) is 48.5 Å². The molecular formula is C22H23N3O3. The first-order valence-electron chi connectivity index (χ1n) is 9.46. The van der Waals surface area contributed by atoms with E-state index in [-0.39, 0.29) is 17.9 Å². The number of fused-ring (bicyclic) bond motifs is 1. The highest BCUT2D eigenvalue weighted by molar-refractivity contribution is 6.22. The average molecular weight is 377 g/mol. The fourth-order valence-electron chi connectivity index (χ4n) is 4.16. The summed E-state index contributed by atoms with van der Waals surface area (Å²) in [5.74, 6) is -1.03. The largest absolute Gasteiger partial charge is 0.339 e. The Morgan fingerprint density at radius 2 is 1.71 bits per heavy atom. The van der Waals surface area contributed by atoms with Gasteiger partial charge in [-0.1, -0.05) is 42.0 Å². The van der Waals surface area contributed by atoms with Gasteiger partial charge in [-0.05, 0) is 31.5 Å². The van der Waals surface area contributed by atoms with Crippen LogP contribution >= 0.6 is 0 Å². The molecule has 0 spiro atoms. The molecule has 6 nitrogen and oxygen atoms in total. The Hall–Kier alpha value is -2.99. The predicted molar refractivity (Wildman–Crippen MR) is 105 cm³/mol. The Kier molecular flexibility index (Phi) is 4.51. The van der Waals surface area contributed by atoms with Gasteiger partial charge in [-0.2, -0.15) is 0 Å². The van der Waals surface area contributed by atoms with Gasteiger partial charge in [0, 0.05) is 25.0 Å². The standard InChI is InChI=1S/C22H23N3O3/c1-13-8-9-16-17(10-13)22(28)25(21(16)27)14(2)20(26)24-11-18(19(23)12-24)15-6-4-3-5-7-15/h3-10,14,18-19H,11-12,23H2,1-2H3/t14?,18-,19+/m0/s1. The van der Waals surface area contributed by atoms with Crippen LogP contribution in [0.1, 0.15) is 44.7 Å². The molecule has 0 bridgehead atoms. The Balaban J connectivity index is 1.53. The van der Waals surface area contributed by atoms with Crippen molar-refractivity contribution < 1.29 is 14.4 Å². The van der Waals surface area contributed by atoms with E-state index >= 15 is 0 Å². The Morgan fingerprint density at radius 1 is 1.04 bits per heavy atom. The van der Waals surface area contributed by atoms with E-state index in [1.807, 2.05) is 37.3 Å². The maximum Gasteiger partial charge on any atom is 0.262 e. The lowest BCUT2D eigenvalue weighted by molar-refractivity contribution is -0.133. The van der Waals surface area contributed by atoms with E-state index in [1.54, 1.807) is 30.0 Å². The van der Waals surface area contributed by atoms with Crippen molar-refractivity contribution in [2.45, 2.75) is 31.8 Å². The van der Waals surface area contributed by atoms with Crippen LogP contribution in [0.4, 0.5) is 0 Å². The van der Waals surface area contributed by atoms with Crippen LogP contribution < -0.4 is 5.73 Å². The molecule has 2 heterocycles. The summed E-state index contributed by atoms with van der Waals surface area (Å²) < 4.78 is 0. The molecule has 144 valence electrons. The molecule has 0 aromatic heterocycles. The Labute approximate surface area is 163 Å². The molecule has 3 atom stereocenters. The predicted octanol–water partition coefficient (Wildman–Crippen LogP) is 1.93. The van der Waals surface area contributed by atoms with Crippen molar-refractivity contribution in [3.63, 3.8) is 0 Å². The van der Waals surface area contributed by atoms with Gasteiger partial charge in [-0.3, -0.25) is 19.3 Å². The Bertz CT molecular complexity index is 957. The molecule has 0 saturated carbocycles. The number of aryl methyl sites for hydroxylation is 1. The SMILES string of the molecule is Cc1ccc2c(c1)C(=O)N(C(C)C(=O)N1C[C@@H](N)[C@H](c3ccccc3)C1)C2=O. The van der Waals surface area contributed by atoms with Gasteiger partial charge in [-0.25, -0.2) is 0 Å². The number of amides is 3. The van der Waals surface area contributed by atoms with E-state index in [9.17, 15) is 14.4 Å². The van der Waals surface area contributed by atoms with Crippen LogP contribution in [0, 0.1) is 6.92 Å². The summed E-state index contributed by atoms with van der Waals surface area (Å²) in [6.45, 7) is 4.37. The minimum Gasteiger partial charge on any atom is -0.339 e. The molecule has 3 amide bonds. The lowest BCUT2D eigenvalue weighted by Gasteiger charge is -2.26. The molecule has 0 radical (unpaired) electrons. The summed E-state index contributed by atoms with van der Waals surface area (Å²) in [6.07, 6.45) is 0. The summed E-state index contributed by atoms with van der Waals surface area (Å²) in [5.41, 5.74) is 9.01. The second-order valence-corrected chi connectivity index (χ2v) is 7.63. The van der Waals surface area contributed by atoms with Crippen molar-refractivity contribution in [2.24, 2.45) is 5.73 Å². The maximum absolute atomic E-state index is 13.1. The lowest BCUT2D eigenvalue weighted by atomic mass is 9.95. The first-order chi connectivity index (χ1) is 13.4. The van der Waals surface area contributed by atoms with Crippen molar-refractivity contribution in [1.29, 1.82) is 0 Å². The van der Waals surface area contributed by atoms with Crippen LogP contribution in [0.3, 0.4) is 0 Å². The van der Waals surface area contributed by atoms with Crippen LogP contribution in [0.25, 0.3) is 0 Å². The monoisotopic (exact) mass is 377 g/mol. The number of carbonyl (C=O) groups is 3. The van der Waals surface area contributed by atoms with Crippen molar-refractivity contribution >= 4 is 17.7 Å². The number of hydrogen-bond donors (Lipinski definition) is 1. The summed E-state index contributed by atoms with van der Waals surface area (Å²) in [7, 11) is 0. The lowest BCUT2D eigenvalue weighted by Crippen LogP contribution is -2.49. The van der Waals surface area contributed by atoms with Gasteiger partial charge >= 0.3 is 0 Å². The Morgan fingerprint density at radius 3 is 2.43 bits per heavy atom. The zero-order valence-corrected chi connectivity index (χ0v) is 16.0. The quantitative estimate of drug-likeness (QED) is 0.829. The second kappa shape index (κ2) is 6.87. The molecule has 28 heavy (non-hydrogen) atoms.